The Bertz CT molecular complexity index is 346. The molecular formula is C14H25N3O2. The minimum absolute atomic E-state index is 0.0164. The van der Waals surface area contributed by atoms with E-state index >= 15 is 0 Å². The van der Waals surface area contributed by atoms with Crippen molar-refractivity contribution in [1.82, 2.24) is 10.2 Å². The Kier molecular flexibility index (Phi) is 4.80. The van der Waals surface area contributed by atoms with E-state index in [9.17, 15) is 9.59 Å². The third kappa shape index (κ3) is 3.69. The fourth-order valence-electron chi connectivity index (χ4n) is 3.20. The lowest BCUT2D eigenvalue weighted by Crippen LogP contribution is -2.43. The molecule has 3 unspecified atom stereocenters. The molecule has 0 aromatic carbocycles. The van der Waals surface area contributed by atoms with E-state index in [-0.39, 0.29) is 30.3 Å². The first kappa shape index (κ1) is 14.3. The van der Waals surface area contributed by atoms with Gasteiger partial charge in [-0.1, -0.05) is 13.3 Å². The lowest BCUT2D eigenvalue weighted by Gasteiger charge is -2.33. The summed E-state index contributed by atoms with van der Waals surface area (Å²) in [6, 6.07) is 0.237. The number of hydrogen-bond acceptors (Lipinski definition) is 3. The molecule has 2 rings (SSSR count). The number of nitrogens with zero attached hydrogens (tertiary/aromatic N) is 1. The predicted octanol–water partition coefficient (Wildman–Crippen LogP) is 0.489. The molecule has 1 aliphatic carbocycles. The number of amides is 2. The smallest absolute Gasteiger partial charge is 0.239 e. The average molecular weight is 267 g/mol. The SMILES string of the molecule is CC(C(=O)N1CCCNC(=O)C1)C1CCCC(N)C1. The van der Waals surface area contributed by atoms with Crippen LogP contribution >= 0.6 is 0 Å². The molecule has 0 bridgehead atoms. The molecule has 1 saturated heterocycles. The van der Waals surface area contributed by atoms with E-state index < -0.39 is 0 Å². The Balaban J connectivity index is 1.95. The molecule has 0 aromatic heterocycles. The Morgan fingerprint density at radius 2 is 2.21 bits per heavy atom. The molecule has 5 nitrogen and oxygen atoms in total. The van der Waals surface area contributed by atoms with Crippen LogP contribution in [0.25, 0.3) is 0 Å². The van der Waals surface area contributed by atoms with Crippen LogP contribution in [0.15, 0.2) is 0 Å². The van der Waals surface area contributed by atoms with Gasteiger partial charge in [0, 0.05) is 25.0 Å². The molecule has 19 heavy (non-hydrogen) atoms. The fraction of sp³-hybridized carbons (Fsp3) is 0.857. The molecule has 0 aromatic rings. The molecule has 3 N–H and O–H groups in total. The van der Waals surface area contributed by atoms with Gasteiger partial charge in [0.15, 0.2) is 0 Å². The minimum Gasteiger partial charge on any atom is -0.354 e. The second-order valence-corrected chi connectivity index (χ2v) is 5.94. The quantitative estimate of drug-likeness (QED) is 0.764. The van der Waals surface area contributed by atoms with E-state index in [2.05, 4.69) is 5.32 Å². The zero-order valence-corrected chi connectivity index (χ0v) is 11.7. The summed E-state index contributed by atoms with van der Waals surface area (Å²) in [5.41, 5.74) is 6.00. The van der Waals surface area contributed by atoms with Crippen molar-refractivity contribution in [3.8, 4) is 0 Å². The van der Waals surface area contributed by atoms with E-state index in [0.717, 1.165) is 32.1 Å². The maximum Gasteiger partial charge on any atom is 0.239 e. The molecule has 1 saturated carbocycles. The number of nitrogens with two attached hydrogens (primary N) is 1. The highest BCUT2D eigenvalue weighted by Gasteiger charge is 2.32. The highest BCUT2D eigenvalue weighted by molar-refractivity contribution is 5.86. The number of hydrogen-bond donors (Lipinski definition) is 2. The van der Waals surface area contributed by atoms with Crippen LogP contribution in [0.5, 0.6) is 0 Å². The molecule has 2 aliphatic rings. The average Bonchev–Trinajstić information content (AvgIpc) is 2.61. The van der Waals surface area contributed by atoms with E-state index in [1.165, 1.54) is 0 Å². The van der Waals surface area contributed by atoms with E-state index in [1.54, 1.807) is 4.90 Å². The Labute approximate surface area is 114 Å². The van der Waals surface area contributed by atoms with Gasteiger partial charge >= 0.3 is 0 Å². The lowest BCUT2D eigenvalue weighted by atomic mass is 9.78. The van der Waals surface area contributed by atoms with Crippen LogP contribution in [-0.4, -0.2) is 42.4 Å². The van der Waals surface area contributed by atoms with Crippen LogP contribution in [-0.2, 0) is 9.59 Å². The maximum absolute atomic E-state index is 12.5. The van der Waals surface area contributed by atoms with Gasteiger partial charge in [-0.05, 0) is 31.6 Å². The van der Waals surface area contributed by atoms with Gasteiger partial charge in [-0.25, -0.2) is 0 Å². The van der Waals surface area contributed by atoms with Gasteiger partial charge in [0.1, 0.15) is 0 Å². The second kappa shape index (κ2) is 6.37. The minimum atomic E-state index is -0.0432. The topological polar surface area (TPSA) is 75.4 Å². The molecule has 2 amide bonds. The van der Waals surface area contributed by atoms with Crippen LogP contribution in [0.2, 0.25) is 0 Å². The zero-order valence-electron chi connectivity index (χ0n) is 11.7. The van der Waals surface area contributed by atoms with E-state index in [4.69, 9.17) is 5.73 Å². The fourth-order valence-corrected chi connectivity index (χ4v) is 3.20. The monoisotopic (exact) mass is 267 g/mol. The summed E-state index contributed by atoms with van der Waals surface area (Å²) in [6.45, 7) is 3.56. The predicted molar refractivity (Wildman–Crippen MR) is 73.3 cm³/mol. The van der Waals surface area contributed by atoms with Gasteiger partial charge in [0.25, 0.3) is 0 Å². The third-order valence-electron chi connectivity index (χ3n) is 4.43. The van der Waals surface area contributed by atoms with Gasteiger partial charge in [-0.2, -0.15) is 0 Å². The number of carbonyl (C=O) groups is 2. The first-order chi connectivity index (χ1) is 9.08. The van der Waals surface area contributed by atoms with Crippen LogP contribution in [0.4, 0.5) is 0 Å². The normalized spacial score (nSPS) is 30.4. The van der Waals surface area contributed by atoms with Crippen LogP contribution in [0, 0.1) is 11.8 Å². The highest BCUT2D eigenvalue weighted by atomic mass is 16.2. The molecule has 2 fully saturated rings. The van der Waals surface area contributed by atoms with Crippen molar-refractivity contribution in [2.24, 2.45) is 17.6 Å². The Morgan fingerprint density at radius 1 is 1.42 bits per heavy atom. The van der Waals surface area contributed by atoms with Gasteiger partial charge < -0.3 is 16.0 Å². The van der Waals surface area contributed by atoms with Crippen molar-refractivity contribution < 1.29 is 9.59 Å². The number of rotatable bonds is 2. The molecule has 5 heteroatoms. The standard InChI is InChI=1S/C14H25N3O2/c1-10(11-4-2-5-12(15)8-11)14(19)17-7-3-6-16-13(18)9-17/h10-12H,2-9,15H2,1H3,(H,16,18). The molecule has 3 atom stereocenters. The van der Waals surface area contributed by atoms with Crippen molar-refractivity contribution in [2.45, 2.75) is 45.1 Å². The molecule has 0 radical (unpaired) electrons. The lowest BCUT2D eigenvalue weighted by molar-refractivity contribution is -0.140. The maximum atomic E-state index is 12.5. The van der Waals surface area contributed by atoms with Crippen LogP contribution in [0.1, 0.15) is 39.0 Å². The summed E-state index contributed by atoms with van der Waals surface area (Å²) in [6.07, 6.45) is 5.05. The van der Waals surface area contributed by atoms with Gasteiger partial charge in [-0.3, -0.25) is 9.59 Å². The summed E-state index contributed by atoms with van der Waals surface area (Å²) < 4.78 is 0. The molecule has 0 spiro atoms. The number of carbonyl (C=O) groups excluding carboxylic acids is 2. The summed E-state index contributed by atoms with van der Waals surface area (Å²) in [5.74, 6) is 0.439. The Morgan fingerprint density at radius 3 is 2.95 bits per heavy atom. The van der Waals surface area contributed by atoms with Gasteiger partial charge in [0.05, 0.1) is 6.54 Å². The summed E-state index contributed by atoms with van der Waals surface area (Å²) in [4.78, 5) is 25.7. The van der Waals surface area contributed by atoms with Crippen molar-refractivity contribution in [3.63, 3.8) is 0 Å². The number of nitrogens with one attached hydrogen (secondary N) is 1. The van der Waals surface area contributed by atoms with Crippen molar-refractivity contribution in [1.29, 1.82) is 0 Å². The molecule has 108 valence electrons. The van der Waals surface area contributed by atoms with Crippen molar-refractivity contribution in [2.75, 3.05) is 19.6 Å². The summed E-state index contributed by atoms with van der Waals surface area (Å²) >= 11 is 0. The van der Waals surface area contributed by atoms with Gasteiger partial charge in [0.2, 0.25) is 11.8 Å². The first-order valence-electron chi connectivity index (χ1n) is 7.39. The molecule has 1 aliphatic heterocycles. The highest BCUT2D eigenvalue weighted by Crippen LogP contribution is 2.30. The zero-order chi connectivity index (χ0) is 13.8. The molecular weight excluding hydrogens is 242 g/mol. The molecule has 1 heterocycles. The summed E-state index contributed by atoms with van der Waals surface area (Å²) in [7, 11) is 0. The van der Waals surface area contributed by atoms with Crippen molar-refractivity contribution in [3.05, 3.63) is 0 Å². The largest absolute Gasteiger partial charge is 0.354 e. The van der Waals surface area contributed by atoms with Crippen LogP contribution < -0.4 is 11.1 Å². The Hall–Kier alpha value is -1.10. The van der Waals surface area contributed by atoms with E-state index in [1.807, 2.05) is 6.92 Å². The first-order valence-corrected chi connectivity index (χ1v) is 7.39. The second-order valence-electron chi connectivity index (χ2n) is 5.94. The third-order valence-corrected chi connectivity index (χ3v) is 4.43. The van der Waals surface area contributed by atoms with Crippen molar-refractivity contribution >= 4 is 11.8 Å². The van der Waals surface area contributed by atoms with E-state index in [0.29, 0.717) is 19.0 Å². The summed E-state index contributed by atoms with van der Waals surface area (Å²) in [5, 5.41) is 2.80. The van der Waals surface area contributed by atoms with Crippen LogP contribution in [0.3, 0.4) is 0 Å². The van der Waals surface area contributed by atoms with Gasteiger partial charge in [-0.15, -0.1) is 0 Å².